The average molecular weight is 281 g/mol. The second kappa shape index (κ2) is 8.50. The molecule has 2 N–H and O–H groups in total. The van der Waals surface area contributed by atoms with Crippen LogP contribution in [-0.4, -0.2) is 38.8 Å². The third-order valence-electron chi connectivity index (χ3n) is 4.54. The standard InChI is InChI=1S/C16H31N3O/c1-3-17-16(18-10-7-11-20-2)19-15-12-14(15)13-8-5-4-6-9-13/h13-15H,3-12H2,1-2H3,(H2,17,18,19). The fourth-order valence-corrected chi connectivity index (χ4v) is 3.36. The van der Waals surface area contributed by atoms with Crippen LogP contribution in [-0.2, 0) is 4.74 Å². The van der Waals surface area contributed by atoms with Gasteiger partial charge in [0, 0.05) is 32.8 Å². The number of nitrogens with one attached hydrogen (secondary N) is 2. The Kier molecular flexibility index (Phi) is 6.64. The molecule has 2 fully saturated rings. The van der Waals surface area contributed by atoms with E-state index >= 15 is 0 Å². The van der Waals surface area contributed by atoms with Crippen molar-refractivity contribution in [2.24, 2.45) is 16.8 Å². The molecule has 0 aromatic rings. The highest BCUT2D eigenvalue weighted by molar-refractivity contribution is 5.80. The van der Waals surface area contributed by atoms with E-state index < -0.39 is 0 Å². The summed E-state index contributed by atoms with van der Waals surface area (Å²) in [6.07, 6.45) is 9.56. The summed E-state index contributed by atoms with van der Waals surface area (Å²) in [7, 11) is 1.74. The Hall–Kier alpha value is -0.770. The molecule has 2 atom stereocenters. The highest BCUT2D eigenvalue weighted by atomic mass is 16.5. The summed E-state index contributed by atoms with van der Waals surface area (Å²) in [5, 5.41) is 6.97. The predicted octanol–water partition coefficient (Wildman–Crippen LogP) is 2.55. The van der Waals surface area contributed by atoms with Gasteiger partial charge in [-0.05, 0) is 31.6 Å². The zero-order chi connectivity index (χ0) is 14.2. The van der Waals surface area contributed by atoms with E-state index in [-0.39, 0.29) is 0 Å². The Morgan fingerprint density at radius 2 is 2.05 bits per heavy atom. The summed E-state index contributed by atoms with van der Waals surface area (Å²) in [6, 6.07) is 0.665. The first-order valence-corrected chi connectivity index (χ1v) is 8.39. The van der Waals surface area contributed by atoms with Crippen molar-refractivity contribution >= 4 is 5.96 Å². The Labute approximate surface area is 123 Å². The molecule has 0 aliphatic heterocycles. The first kappa shape index (κ1) is 15.6. The lowest BCUT2D eigenvalue weighted by atomic mass is 9.85. The van der Waals surface area contributed by atoms with Crippen molar-refractivity contribution in [2.45, 2.75) is 57.9 Å². The van der Waals surface area contributed by atoms with Crippen LogP contribution in [0.25, 0.3) is 0 Å². The summed E-state index contributed by atoms with van der Waals surface area (Å²) < 4.78 is 5.06. The van der Waals surface area contributed by atoms with Gasteiger partial charge in [0.1, 0.15) is 0 Å². The molecular formula is C16H31N3O. The number of rotatable bonds is 7. The fraction of sp³-hybridized carbons (Fsp3) is 0.938. The molecule has 0 bridgehead atoms. The number of aliphatic imine (C=N–C) groups is 1. The van der Waals surface area contributed by atoms with Crippen LogP contribution < -0.4 is 10.6 Å². The number of hydrogen-bond acceptors (Lipinski definition) is 2. The van der Waals surface area contributed by atoms with E-state index in [9.17, 15) is 0 Å². The van der Waals surface area contributed by atoms with Gasteiger partial charge in [-0.15, -0.1) is 0 Å². The Morgan fingerprint density at radius 3 is 2.75 bits per heavy atom. The summed E-state index contributed by atoms with van der Waals surface area (Å²) in [5.41, 5.74) is 0. The van der Waals surface area contributed by atoms with Crippen LogP contribution >= 0.6 is 0 Å². The summed E-state index contributed by atoms with van der Waals surface area (Å²) in [5.74, 6) is 2.86. The largest absolute Gasteiger partial charge is 0.385 e. The third-order valence-corrected chi connectivity index (χ3v) is 4.54. The Bertz CT molecular complexity index is 300. The van der Waals surface area contributed by atoms with Crippen molar-refractivity contribution in [1.29, 1.82) is 0 Å². The lowest BCUT2D eigenvalue weighted by Crippen LogP contribution is -2.39. The van der Waals surface area contributed by atoms with Gasteiger partial charge < -0.3 is 15.4 Å². The van der Waals surface area contributed by atoms with Crippen LogP contribution in [0.5, 0.6) is 0 Å². The molecule has 2 aliphatic carbocycles. The molecule has 4 nitrogen and oxygen atoms in total. The average Bonchev–Trinajstić information content (AvgIpc) is 3.24. The molecule has 0 heterocycles. The lowest BCUT2D eigenvalue weighted by molar-refractivity contribution is 0.197. The van der Waals surface area contributed by atoms with E-state index in [1.807, 2.05) is 0 Å². The maximum absolute atomic E-state index is 5.06. The van der Waals surface area contributed by atoms with Gasteiger partial charge in [-0.3, -0.25) is 4.99 Å². The van der Waals surface area contributed by atoms with Crippen molar-refractivity contribution < 1.29 is 4.74 Å². The monoisotopic (exact) mass is 281 g/mol. The van der Waals surface area contributed by atoms with E-state index in [2.05, 4.69) is 22.5 Å². The molecule has 2 aliphatic rings. The molecule has 4 heteroatoms. The molecule has 0 amide bonds. The number of ether oxygens (including phenoxy) is 1. The molecule has 2 saturated carbocycles. The van der Waals surface area contributed by atoms with Gasteiger partial charge in [-0.2, -0.15) is 0 Å². The van der Waals surface area contributed by atoms with E-state index in [4.69, 9.17) is 4.74 Å². The van der Waals surface area contributed by atoms with Crippen molar-refractivity contribution in [1.82, 2.24) is 10.6 Å². The molecule has 20 heavy (non-hydrogen) atoms. The van der Waals surface area contributed by atoms with E-state index in [1.54, 1.807) is 7.11 Å². The topological polar surface area (TPSA) is 45.7 Å². The lowest BCUT2D eigenvalue weighted by Gasteiger charge is -2.22. The van der Waals surface area contributed by atoms with Gasteiger partial charge in [0.2, 0.25) is 0 Å². The van der Waals surface area contributed by atoms with Crippen molar-refractivity contribution in [3.8, 4) is 0 Å². The molecule has 2 unspecified atom stereocenters. The molecule has 116 valence electrons. The highest BCUT2D eigenvalue weighted by Gasteiger charge is 2.43. The van der Waals surface area contributed by atoms with Crippen molar-refractivity contribution in [3.05, 3.63) is 0 Å². The van der Waals surface area contributed by atoms with Crippen molar-refractivity contribution in [3.63, 3.8) is 0 Å². The van der Waals surface area contributed by atoms with Crippen LogP contribution in [0.15, 0.2) is 4.99 Å². The predicted molar refractivity (Wildman–Crippen MR) is 84.1 cm³/mol. The van der Waals surface area contributed by atoms with E-state index in [0.29, 0.717) is 6.04 Å². The second-order valence-corrected chi connectivity index (χ2v) is 6.16. The normalized spacial score (nSPS) is 27.4. The number of methoxy groups -OCH3 is 1. The van der Waals surface area contributed by atoms with Gasteiger partial charge in [0.05, 0.1) is 0 Å². The smallest absolute Gasteiger partial charge is 0.191 e. The number of guanidine groups is 1. The van der Waals surface area contributed by atoms with Crippen LogP contribution in [0, 0.1) is 11.8 Å². The first-order chi connectivity index (χ1) is 9.85. The molecule has 2 rings (SSSR count). The Morgan fingerprint density at radius 1 is 1.25 bits per heavy atom. The van der Waals surface area contributed by atoms with Gasteiger partial charge in [0.25, 0.3) is 0 Å². The SMILES string of the molecule is CCNC(=NCCCOC)NC1CC1C1CCCCC1. The molecule has 0 aromatic carbocycles. The summed E-state index contributed by atoms with van der Waals surface area (Å²) >= 11 is 0. The van der Waals surface area contributed by atoms with Gasteiger partial charge in [0.15, 0.2) is 5.96 Å². The zero-order valence-electron chi connectivity index (χ0n) is 13.2. The minimum atomic E-state index is 0.665. The molecule has 0 spiro atoms. The quantitative estimate of drug-likeness (QED) is 0.428. The van der Waals surface area contributed by atoms with Gasteiger partial charge in [-0.25, -0.2) is 0 Å². The number of hydrogen-bond donors (Lipinski definition) is 2. The van der Waals surface area contributed by atoms with E-state index in [1.165, 1.54) is 38.5 Å². The molecule has 0 aromatic heterocycles. The summed E-state index contributed by atoms with van der Waals surface area (Å²) in [4.78, 5) is 4.63. The fourth-order valence-electron chi connectivity index (χ4n) is 3.36. The Balaban J connectivity index is 1.71. The third kappa shape index (κ3) is 4.97. The number of nitrogens with zero attached hydrogens (tertiary/aromatic N) is 1. The maximum atomic E-state index is 5.06. The minimum Gasteiger partial charge on any atom is -0.385 e. The van der Waals surface area contributed by atoms with E-state index in [0.717, 1.165) is 43.9 Å². The summed E-state index contributed by atoms with van der Waals surface area (Å²) in [6.45, 7) is 4.68. The van der Waals surface area contributed by atoms with Gasteiger partial charge >= 0.3 is 0 Å². The van der Waals surface area contributed by atoms with Crippen LogP contribution in [0.1, 0.15) is 51.9 Å². The van der Waals surface area contributed by atoms with Crippen molar-refractivity contribution in [2.75, 3.05) is 26.8 Å². The second-order valence-electron chi connectivity index (χ2n) is 6.16. The van der Waals surface area contributed by atoms with Gasteiger partial charge in [-0.1, -0.05) is 32.1 Å². The molecule has 0 saturated heterocycles. The maximum Gasteiger partial charge on any atom is 0.191 e. The highest BCUT2D eigenvalue weighted by Crippen LogP contribution is 2.44. The zero-order valence-corrected chi connectivity index (χ0v) is 13.2. The van der Waals surface area contributed by atoms with Crippen LogP contribution in [0.4, 0.5) is 0 Å². The van der Waals surface area contributed by atoms with Crippen LogP contribution in [0.2, 0.25) is 0 Å². The first-order valence-electron chi connectivity index (χ1n) is 8.39. The molecular weight excluding hydrogens is 250 g/mol. The molecule has 0 radical (unpaired) electrons. The van der Waals surface area contributed by atoms with Crippen LogP contribution in [0.3, 0.4) is 0 Å². The minimum absolute atomic E-state index is 0.665.